The molecule has 1 aromatic rings. The van der Waals surface area contributed by atoms with E-state index in [1.807, 2.05) is 0 Å². The highest BCUT2D eigenvalue weighted by atomic mass is 79.9. The Kier molecular flexibility index (Phi) is 4.86. The van der Waals surface area contributed by atoms with Crippen molar-refractivity contribution in [2.75, 3.05) is 12.4 Å². The average Bonchev–Trinajstić information content (AvgIpc) is 2.26. The molecule has 2 unspecified atom stereocenters. The number of methoxy groups -OCH3 is 1. The number of aliphatic hydroxyl groups is 2. The molecule has 15 heavy (non-hydrogen) atoms. The standard InChI is InChI=1S/C10H12BrClO3/c1-15-9-3-2-6(4-7(9)12)10(14)8(13)5-11/h2-4,8,10,13-14H,5H2,1H3. The zero-order valence-electron chi connectivity index (χ0n) is 8.15. The van der Waals surface area contributed by atoms with Gasteiger partial charge in [-0.15, -0.1) is 0 Å². The van der Waals surface area contributed by atoms with Crippen molar-refractivity contribution in [3.8, 4) is 5.75 Å². The van der Waals surface area contributed by atoms with Crippen molar-refractivity contribution in [1.29, 1.82) is 0 Å². The van der Waals surface area contributed by atoms with Gasteiger partial charge in [-0.2, -0.15) is 0 Å². The van der Waals surface area contributed by atoms with Gasteiger partial charge in [0, 0.05) is 5.33 Å². The van der Waals surface area contributed by atoms with Crippen molar-refractivity contribution in [1.82, 2.24) is 0 Å². The fourth-order valence-electron chi connectivity index (χ4n) is 1.17. The van der Waals surface area contributed by atoms with Crippen LogP contribution in [-0.2, 0) is 0 Å². The number of halogens is 2. The van der Waals surface area contributed by atoms with E-state index >= 15 is 0 Å². The summed E-state index contributed by atoms with van der Waals surface area (Å²) in [4.78, 5) is 0. The Bertz CT molecular complexity index is 332. The van der Waals surface area contributed by atoms with Crippen molar-refractivity contribution in [2.45, 2.75) is 12.2 Å². The molecule has 0 aliphatic rings. The summed E-state index contributed by atoms with van der Waals surface area (Å²) in [5, 5.41) is 19.8. The molecule has 3 nitrogen and oxygen atoms in total. The first-order valence-electron chi connectivity index (χ1n) is 4.35. The fourth-order valence-corrected chi connectivity index (χ4v) is 1.79. The molecule has 1 aromatic carbocycles. The summed E-state index contributed by atoms with van der Waals surface area (Å²) in [5.74, 6) is 0.543. The molecule has 5 heteroatoms. The van der Waals surface area contributed by atoms with Gasteiger partial charge in [0.1, 0.15) is 11.9 Å². The molecule has 0 aliphatic carbocycles. The molecule has 0 spiro atoms. The first kappa shape index (κ1) is 12.8. The Labute approximate surface area is 102 Å². The second-order valence-corrected chi connectivity index (χ2v) is 4.12. The van der Waals surface area contributed by atoms with Crippen LogP contribution in [0.15, 0.2) is 18.2 Å². The average molecular weight is 296 g/mol. The Hall–Kier alpha value is -0.290. The number of ether oxygens (including phenoxy) is 1. The van der Waals surface area contributed by atoms with Crippen LogP contribution in [0.5, 0.6) is 5.75 Å². The Morgan fingerprint density at radius 2 is 2.13 bits per heavy atom. The summed E-state index contributed by atoms with van der Waals surface area (Å²) in [6, 6.07) is 4.90. The van der Waals surface area contributed by atoms with Crippen LogP contribution in [0.2, 0.25) is 5.02 Å². The second-order valence-electron chi connectivity index (χ2n) is 3.06. The normalized spacial score (nSPS) is 14.7. The minimum atomic E-state index is -0.951. The van der Waals surface area contributed by atoms with Crippen molar-refractivity contribution in [2.24, 2.45) is 0 Å². The molecule has 0 bridgehead atoms. The van der Waals surface area contributed by atoms with Crippen molar-refractivity contribution < 1.29 is 14.9 Å². The minimum absolute atomic E-state index is 0.303. The van der Waals surface area contributed by atoms with E-state index in [-0.39, 0.29) is 0 Å². The van der Waals surface area contributed by atoms with Crippen LogP contribution in [0.25, 0.3) is 0 Å². The monoisotopic (exact) mass is 294 g/mol. The number of aliphatic hydroxyl groups excluding tert-OH is 2. The molecular weight excluding hydrogens is 283 g/mol. The van der Waals surface area contributed by atoms with Crippen LogP contribution < -0.4 is 4.74 Å². The predicted octanol–water partition coefficient (Wildman–Crippen LogP) is 2.14. The highest BCUT2D eigenvalue weighted by Crippen LogP contribution is 2.28. The van der Waals surface area contributed by atoms with E-state index in [0.717, 1.165) is 0 Å². The highest BCUT2D eigenvalue weighted by molar-refractivity contribution is 9.09. The zero-order chi connectivity index (χ0) is 11.4. The maximum absolute atomic E-state index is 9.70. The van der Waals surface area contributed by atoms with Gasteiger partial charge in [-0.3, -0.25) is 0 Å². The molecule has 2 atom stereocenters. The third-order valence-electron chi connectivity index (χ3n) is 2.04. The van der Waals surface area contributed by atoms with Crippen LogP contribution in [-0.4, -0.2) is 28.8 Å². The summed E-state index contributed by atoms with van der Waals surface area (Å²) in [6.07, 6.45) is -1.80. The van der Waals surface area contributed by atoms with Crippen LogP contribution in [0.3, 0.4) is 0 Å². The molecule has 0 heterocycles. The molecular formula is C10H12BrClO3. The minimum Gasteiger partial charge on any atom is -0.495 e. The number of rotatable bonds is 4. The fraction of sp³-hybridized carbons (Fsp3) is 0.400. The van der Waals surface area contributed by atoms with E-state index in [2.05, 4.69) is 15.9 Å². The quantitative estimate of drug-likeness (QED) is 0.837. The number of alkyl halides is 1. The highest BCUT2D eigenvalue weighted by Gasteiger charge is 2.18. The van der Waals surface area contributed by atoms with Gasteiger partial charge in [-0.25, -0.2) is 0 Å². The van der Waals surface area contributed by atoms with E-state index in [9.17, 15) is 10.2 Å². The lowest BCUT2D eigenvalue weighted by Gasteiger charge is -2.16. The molecule has 0 saturated carbocycles. The van der Waals surface area contributed by atoms with Crippen LogP contribution in [0.4, 0.5) is 0 Å². The molecule has 2 N–H and O–H groups in total. The van der Waals surface area contributed by atoms with Crippen molar-refractivity contribution >= 4 is 27.5 Å². The molecule has 1 rings (SSSR count). The SMILES string of the molecule is COc1ccc(C(O)C(O)CBr)cc1Cl. The second kappa shape index (κ2) is 5.70. The summed E-state index contributed by atoms with van der Waals surface area (Å²) >= 11 is 8.98. The van der Waals surface area contributed by atoms with Gasteiger partial charge in [0.15, 0.2) is 0 Å². The van der Waals surface area contributed by atoms with Gasteiger partial charge < -0.3 is 14.9 Å². The Balaban J connectivity index is 2.92. The molecule has 84 valence electrons. The molecule has 0 fully saturated rings. The topological polar surface area (TPSA) is 49.7 Å². The van der Waals surface area contributed by atoms with Crippen LogP contribution in [0, 0.1) is 0 Å². The van der Waals surface area contributed by atoms with Gasteiger partial charge in [-0.1, -0.05) is 33.6 Å². The lowest BCUT2D eigenvalue weighted by atomic mass is 10.1. The summed E-state index contributed by atoms with van der Waals surface area (Å²) in [5.41, 5.74) is 0.563. The molecule has 0 aliphatic heterocycles. The third-order valence-corrected chi connectivity index (χ3v) is 3.00. The lowest BCUT2D eigenvalue weighted by molar-refractivity contribution is 0.0342. The largest absolute Gasteiger partial charge is 0.495 e. The third kappa shape index (κ3) is 3.08. The molecule has 0 amide bonds. The zero-order valence-corrected chi connectivity index (χ0v) is 10.5. The van der Waals surface area contributed by atoms with Gasteiger partial charge in [0.05, 0.1) is 18.2 Å². The first-order valence-corrected chi connectivity index (χ1v) is 5.85. The van der Waals surface area contributed by atoms with E-state index in [0.29, 0.717) is 21.7 Å². The van der Waals surface area contributed by atoms with Crippen molar-refractivity contribution in [3.05, 3.63) is 28.8 Å². The first-order chi connectivity index (χ1) is 7.10. The Morgan fingerprint density at radius 3 is 2.60 bits per heavy atom. The molecule has 0 saturated heterocycles. The van der Waals surface area contributed by atoms with Crippen LogP contribution in [0.1, 0.15) is 11.7 Å². The number of hydrogen-bond acceptors (Lipinski definition) is 3. The van der Waals surface area contributed by atoms with Crippen molar-refractivity contribution in [3.63, 3.8) is 0 Å². The number of hydrogen-bond donors (Lipinski definition) is 2. The maximum atomic E-state index is 9.70. The van der Waals surface area contributed by atoms with Gasteiger partial charge >= 0.3 is 0 Å². The lowest BCUT2D eigenvalue weighted by Crippen LogP contribution is -2.19. The van der Waals surface area contributed by atoms with Gasteiger partial charge in [0.25, 0.3) is 0 Å². The summed E-state index contributed by atoms with van der Waals surface area (Å²) < 4.78 is 4.98. The van der Waals surface area contributed by atoms with E-state index in [4.69, 9.17) is 16.3 Å². The predicted molar refractivity (Wildman–Crippen MR) is 62.8 cm³/mol. The maximum Gasteiger partial charge on any atom is 0.137 e. The molecule has 0 radical (unpaired) electrons. The van der Waals surface area contributed by atoms with Gasteiger partial charge in [0.2, 0.25) is 0 Å². The summed E-state index contributed by atoms with van der Waals surface area (Å²) in [7, 11) is 1.52. The number of benzene rings is 1. The van der Waals surface area contributed by atoms with E-state index in [1.165, 1.54) is 7.11 Å². The smallest absolute Gasteiger partial charge is 0.137 e. The van der Waals surface area contributed by atoms with E-state index < -0.39 is 12.2 Å². The Morgan fingerprint density at radius 1 is 1.47 bits per heavy atom. The van der Waals surface area contributed by atoms with Crippen LogP contribution >= 0.6 is 27.5 Å². The van der Waals surface area contributed by atoms with E-state index in [1.54, 1.807) is 18.2 Å². The summed E-state index contributed by atoms with van der Waals surface area (Å²) in [6.45, 7) is 0. The molecule has 0 aromatic heterocycles. The van der Waals surface area contributed by atoms with Gasteiger partial charge in [-0.05, 0) is 17.7 Å².